The normalized spacial score (nSPS) is 22.0. The molecule has 1 aromatic rings. The Morgan fingerprint density at radius 3 is 2.50 bits per heavy atom. The number of carbonyl (C=O) groups excluding carboxylic acids is 1. The van der Waals surface area contributed by atoms with Crippen LogP contribution in [0.5, 0.6) is 0 Å². The highest BCUT2D eigenvalue weighted by Gasteiger charge is 2.34. The van der Waals surface area contributed by atoms with Gasteiger partial charge in [0.05, 0.1) is 17.6 Å². The van der Waals surface area contributed by atoms with Crippen LogP contribution in [-0.2, 0) is 14.8 Å². The number of esters is 1. The summed E-state index contributed by atoms with van der Waals surface area (Å²) in [4.78, 5) is 11.9. The number of carbonyl (C=O) groups is 1. The van der Waals surface area contributed by atoms with Gasteiger partial charge in [0.1, 0.15) is 0 Å². The van der Waals surface area contributed by atoms with Crippen LogP contribution in [0.15, 0.2) is 23.1 Å². The van der Waals surface area contributed by atoms with Crippen LogP contribution in [0, 0.1) is 12.8 Å². The lowest BCUT2D eigenvalue weighted by molar-refractivity contribution is 0.0600. The molecule has 26 heavy (non-hydrogen) atoms. The average molecular weight is 403 g/mol. The summed E-state index contributed by atoms with van der Waals surface area (Å²) >= 11 is 0. The van der Waals surface area contributed by atoms with E-state index in [2.05, 4.69) is 5.32 Å². The first-order valence-electron chi connectivity index (χ1n) is 8.86. The summed E-state index contributed by atoms with van der Waals surface area (Å²) in [6.07, 6.45) is 4.17. The molecule has 1 aromatic carbocycles. The van der Waals surface area contributed by atoms with Crippen LogP contribution in [0.2, 0.25) is 0 Å². The van der Waals surface area contributed by atoms with Gasteiger partial charge in [-0.2, -0.15) is 4.31 Å². The van der Waals surface area contributed by atoms with Gasteiger partial charge in [-0.1, -0.05) is 6.07 Å². The SMILES string of the molecule is COC(=O)c1ccc(C)c(S(=O)(=O)N2CCC(C3CCCN3)CC2)c1.Cl. The minimum Gasteiger partial charge on any atom is -0.465 e. The third-order valence-corrected chi connectivity index (χ3v) is 7.43. The van der Waals surface area contributed by atoms with Crippen molar-refractivity contribution in [3.63, 3.8) is 0 Å². The van der Waals surface area contributed by atoms with Crippen molar-refractivity contribution >= 4 is 28.4 Å². The molecule has 0 aromatic heterocycles. The predicted molar refractivity (Wildman–Crippen MR) is 102 cm³/mol. The number of benzene rings is 1. The van der Waals surface area contributed by atoms with Gasteiger partial charge in [-0.05, 0) is 62.8 Å². The Bertz CT molecular complexity index is 740. The fraction of sp³-hybridized carbons (Fsp3) is 0.611. The lowest BCUT2D eigenvalue weighted by atomic mass is 9.89. The Hall–Kier alpha value is -1.15. The molecule has 1 atom stereocenters. The summed E-state index contributed by atoms with van der Waals surface area (Å²) < 4.78 is 32.4. The van der Waals surface area contributed by atoms with Gasteiger partial charge in [-0.3, -0.25) is 0 Å². The molecular formula is C18H27ClN2O4S. The second-order valence-corrected chi connectivity index (χ2v) is 8.82. The van der Waals surface area contributed by atoms with E-state index in [0.717, 1.165) is 19.4 Å². The number of rotatable bonds is 4. The molecule has 2 heterocycles. The standard InChI is InChI=1S/C18H26N2O4S.ClH/c1-13-5-6-15(18(21)24-2)12-17(13)25(22,23)20-10-7-14(8-11-20)16-4-3-9-19-16;/h5-6,12,14,16,19H,3-4,7-11H2,1-2H3;1H. The zero-order valence-corrected chi connectivity index (χ0v) is 16.9. The van der Waals surface area contributed by atoms with Crippen molar-refractivity contribution in [1.82, 2.24) is 9.62 Å². The Labute approximate surface area is 161 Å². The molecule has 0 saturated carbocycles. The molecule has 1 unspecified atom stereocenters. The van der Waals surface area contributed by atoms with Crippen LogP contribution in [0.3, 0.4) is 0 Å². The van der Waals surface area contributed by atoms with Gasteiger partial charge in [0.2, 0.25) is 10.0 Å². The molecule has 2 saturated heterocycles. The van der Waals surface area contributed by atoms with Crippen molar-refractivity contribution < 1.29 is 17.9 Å². The summed E-state index contributed by atoms with van der Waals surface area (Å²) in [7, 11) is -2.31. The van der Waals surface area contributed by atoms with Gasteiger partial charge in [0.25, 0.3) is 0 Å². The van der Waals surface area contributed by atoms with Crippen molar-refractivity contribution in [2.24, 2.45) is 5.92 Å². The first kappa shape index (κ1) is 21.2. The Morgan fingerprint density at radius 1 is 1.23 bits per heavy atom. The minimum absolute atomic E-state index is 0. The number of hydrogen-bond donors (Lipinski definition) is 1. The number of halogens is 1. The quantitative estimate of drug-likeness (QED) is 0.782. The number of nitrogens with one attached hydrogen (secondary N) is 1. The second kappa shape index (κ2) is 8.69. The average Bonchev–Trinajstić information content (AvgIpc) is 3.16. The van der Waals surface area contributed by atoms with E-state index < -0.39 is 16.0 Å². The third kappa shape index (κ3) is 4.22. The van der Waals surface area contributed by atoms with Crippen molar-refractivity contribution in [3.05, 3.63) is 29.3 Å². The van der Waals surface area contributed by atoms with E-state index in [1.54, 1.807) is 23.4 Å². The van der Waals surface area contributed by atoms with E-state index in [1.165, 1.54) is 26.0 Å². The molecule has 0 radical (unpaired) electrons. The van der Waals surface area contributed by atoms with E-state index in [-0.39, 0.29) is 22.9 Å². The maximum absolute atomic E-state index is 13.1. The molecule has 8 heteroatoms. The Morgan fingerprint density at radius 2 is 1.92 bits per heavy atom. The molecule has 3 rings (SSSR count). The monoisotopic (exact) mass is 402 g/mol. The third-order valence-electron chi connectivity index (χ3n) is 5.39. The highest BCUT2D eigenvalue weighted by Crippen LogP contribution is 2.30. The highest BCUT2D eigenvalue weighted by atomic mass is 35.5. The van der Waals surface area contributed by atoms with Gasteiger partial charge >= 0.3 is 5.97 Å². The van der Waals surface area contributed by atoms with E-state index >= 15 is 0 Å². The van der Waals surface area contributed by atoms with Crippen LogP contribution in [0.25, 0.3) is 0 Å². The van der Waals surface area contributed by atoms with Crippen LogP contribution >= 0.6 is 12.4 Å². The van der Waals surface area contributed by atoms with Gasteiger partial charge in [-0.25, -0.2) is 13.2 Å². The zero-order chi connectivity index (χ0) is 18.0. The first-order valence-corrected chi connectivity index (χ1v) is 10.3. The summed E-state index contributed by atoms with van der Waals surface area (Å²) in [6, 6.07) is 5.22. The molecule has 0 spiro atoms. The highest BCUT2D eigenvalue weighted by molar-refractivity contribution is 7.89. The lowest BCUT2D eigenvalue weighted by Crippen LogP contribution is -2.43. The summed E-state index contributed by atoms with van der Waals surface area (Å²) in [5, 5.41) is 3.53. The number of ether oxygens (including phenoxy) is 1. The van der Waals surface area contributed by atoms with Crippen LogP contribution < -0.4 is 5.32 Å². The number of piperidine rings is 1. The smallest absolute Gasteiger partial charge is 0.337 e. The molecule has 0 amide bonds. The van der Waals surface area contributed by atoms with Gasteiger partial charge in [0.15, 0.2) is 0 Å². The van der Waals surface area contributed by atoms with Crippen molar-refractivity contribution in [3.8, 4) is 0 Å². The van der Waals surface area contributed by atoms with Crippen molar-refractivity contribution in [2.75, 3.05) is 26.7 Å². The molecule has 2 aliphatic rings. The molecule has 1 N–H and O–H groups in total. The largest absolute Gasteiger partial charge is 0.465 e. The maximum Gasteiger partial charge on any atom is 0.337 e. The molecule has 146 valence electrons. The second-order valence-electron chi connectivity index (χ2n) is 6.92. The van der Waals surface area contributed by atoms with Crippen molar-refractivity contribution in [1.29, 1.82) is 0 Å². The topological polar surface area (TPSA) is 75.7 Å². The van der Waals surface area contributed by atoms with Crippen LogP contribution in [0.4, 0.5) is 0 Å². The van der Waals surface area contributed by atoms with E-state index in [4.69, 9.17) is 4.74 Å². The molecular weight excluding hydrogens is 376 g/mol. The zero-order valence-electron chi connectivity index (χ0n) is 15.2. The van der Waals surface area contributed by atoms with Crippen LogP contribution in [-0.4, -0.2) is 51.5 Å². The van der Waals surface area contributed by atoms with E-state index in [1.807, 2.05) is 0 Å². The summed E-state index contributed by atoms with van der Waals surface area (Å²) in [5.41, 5.74) is 0.906. The molecule has 2 fully saturated rings. The van der Waals surface area contributed by atoms with Crippen LogP contribution in [0.1, 0.15) is 41.6 Å². The minimum atomic E-state index is -3.60. The van der Waals surface area contributed by atoms with Gasteiger partial charge < -0.3 is 10.1 Å². The summed E-state index contributed by atoms with van der Waals surface area (Å²) in [6.45, 7) is 3.89. The number of sulfonamides is 1. The van der Waals surface area contributed by atoms with E-state index in [0.29, 0.717) is 30.6 Å². The van der Waals surface area contributed by atoms with Gasteiger partial charge in [-0.15, -0.1) is 12.4 Å². The Balaban J connectivity index is 0.00000243. The Kier molecular flexibility index (Phi) is 7.07. The summed E-state index contributed by atoms with van der Waals surface area (Å²) in [5.74, 6) is 0.0268. The molecule has 0 bridgehead atoms. The number of methoxy groups -OCH3 is 1. The molecule has 6 nitrogen and oxygen atoms in total. The van der Waals surface area contributed by atoms with Gasteiger partial charge in [0, 0.05) is 19.1 Å². The number of aryl methyl sites for hydroxylation is 1. The molecule has 0 aliphatic carbocycles. The number of hydrogen-bond acceptors (Lipinski definition) is 5. The van der Waals surface area contributed by atoms with E-state index in [9.17, 15) is 13.2 Å². The van der Waals surface area contributed by atoms with Crippen molar-refractivity contribution in [2.45, 2.75) is 43.5 Å². The molecule has 2 aliphatic heterocycles. The fourth-order valence-electron chi connectivity index (χ4n) is 3.89. The lowest BCUT2D eigenvalue weighted by Gasteiger charge is -2.34. The first-order chi connectivity index (χ1) is 11.9. The predicted octanol–water partition coefficient (Wildman–Crippen LogP) is 2.36. The maximum atomic E-state index is 13.1. The fourth-order valence-corrected chi connectivity index (χ4v) is 5.61. The number of nitrogens with zero attached hydrogens (tertiary/aromatic N) is 1.